The van der Waals surface area contributed by atoms with Crippen molar-refractivity contribution in [3.8, 4) is 0 Å². The predicted molar refractivity (Wildman–Crippen MR) is 75.9 cm³/mol. The molecular weight excluding hydrogens is 337 g/mol. The van der Waals surface area contributed by atoms with E-state index in [-0.39, 0.29) is 18.3 Å². The lowest BCUT2D eigenvalue weighted by Gasteiger charge is -2.07. The third kappa shape index (κ3) is 2.90. The van der Waals surface area contributed by atoms with Crippen LogP contribution in [-0.2, 0) is 17.8 Å². The largest absolute Gasteiger partial charge is 0.358 e. The maximum absolute atomic E-state index is 13.6. The molecule has 4 nitrogen and oxygen atoms in total. The number of nitrogens with zero attached hydrogens (tertiary/aromatic N) is 2. The molecule has 1 aromatic carbocycles. The standard InChI is InChI=1S/C12H12BrClFN3O/c1-16-12(19)6-18-10-5-8(15)7(13)4-9(10)17-11(18)2-3-14/h4-5H,2-3,6H2,1H3,(H,16,19). The highest BCUT2D eigenvalue weighted by Crippen LogP contribution is 2.24. The molecule has 0 saturated carbocycles. The van der Waals surface area contributed by atoms with Crippen LogP contribution in [-0.4, -0.2) is 28.4 Å². The smallest absolute Gasteiger partial charge is 0.239 e. The number of carbonyl (C=O) groups is 1. The molecule has 7 heteroatoms. The van der Waals surface area contributed by atoms with E-state index in [1.807, 2.05) is 0 Å². The summed E-state index contributed by atoms with van der Waals surface area (Å²) in [4.78, 5) is 15.9. The summed E-state index contributed by atoms with van der Waals surface area (Å²) in [7, 11) is 1.56. The Balaban J connectivity index is 2.58. The highest BCUT2D eigenvalue weighted by molar-refractivity contribution is 9.10. The number of amides is 1. The number of hydrogen-bond acceptors (Lipinski definition) is 2. The lowest BCUT2D eigenvalue weighted by Crippen LogP contribution is -2.24. The molecule has 102 valence electrons. The number of halogens is 3. The molecule has 1 N–H and O–H groups in total. The number of imidazole rings is 1. The Morgan fingerprint density at radius 3 is 2.95 bits per heavy atom. The Hall–Kier alpha value is -1.14. The topological polar surface area (TPSA) is 46.9 Å². The van der Waals surface area contributed by atoms with Crippen LogP contribution >= 0.6 is 27.5 Å². The van der Waals surface area contributed by atoms with Gasteiger partial charge in [-0.2, -0.15) is 0 Å². The second kappa shape index (κ2) is 5.88. The first-order chi connectivity index (χ1) is 9.06. The summed E-state index contributed by atoms with van der Waals surface area (Å²) in [5.41, 5.74) is 1.22. The summed E-state index contributed by atoms with van der Waals surface area (Å²) >= 11 is 8.86. The summed E-state index contributed by atoms with van der Waals surface area (Å²) in [5, 5.41) is 2.54. The van der Waals surface area contributed by atoms with E-state index in [0.717, 1.165) is 0 Å². The van der Waals surface area contributed by atoms with Crippen LogP contribution in [0.15, 0.2) is 16.6 Å². The zero-order valence-electron chi connectivity index (χ0n) is 10.2. The number of alkyl halides is 1. The van der Waals surface area contributed by atoms with E-state index in [9.17, 15) is 9.18 Å². The van der Waals surface area contributed by atoms with E-state index >= 15 is 0 Å². The van der Waals surface area contributed by atoms with Gasteiger partial charge < -0.3 is 9.88 Å². The molecule has 0 saturated heterocycles. The van der Waals surface area contributed by atoms with Gasteiger partial charge in [-0.05, 0) is 22.0 Å². The van der Waals surface area contributed by atoms with E-state index < -0.39 is 0 Å². The molecule has 1 aromatic heterocycles. The fraction of sp³-hybridized carbons (Fsp3) is 0.333. The molecule has 0 bridgehead atoms. The number of aryl methyl sites for hydroxylation is 1. The first-order valence-electron chi connectivity index (χ1n) is 5.67. The van der Waals surface area contributed by atoms with Gasteiger partial charge in [0.05, 0.1) is 15.5 Å². The van der Waals surface area contributed by atoms with Crippen molar-refractivity contribution in [3.05, 3.63) is 28.2 Å². The highest BCUT2D eigenvalue weighted by Gasteiger charge is 2.15. The number of nitrogens with one attached hydrogen (secondary N) is 1. The van der Waals surface area contributed by atoms with Crippen molar-refractivity contribution in [2.24, 2.45) is 0 Å². The van der Waals surface area contributed by atoms with Crippen molar-refractivity contribution < 1.29 is 9.18 Å². The molecule has 0 aliphatic heterocycles. The normalized spacial score (nSPS) is 10.9. The maximum atomic E-state index is 13.6. The molecule has 19 heavy (non-hydrogen) atoms. The molecule has 0 fully saturated rings. The Morgan fingerprint density at radius 2 is 2.32 bits per heavy atom. The first kappa shape index (κ1) is 14.3. The molecule has 2 aromatic rings. The van der Waals surface area contributed by atoms with Crippen LogP contribution < -0.4 is 5.32 Å². The SMILES string of the molecule is CNC(=O)Cn1c(CCCl)nc2cc(Br)c(F)cc21. The van der Waals surface area contributed by atoms with Crippen molar-refractivity contribution in [1.29, 1.82) is 0 Å². The van der Waals surface area contributed by atoms with Crippen LogP contribution in [0.25, 0.3) is 11.0 Å². The van der Waals surface area contributed by atoms with Crippen molar-refractivity contribution >= 4 is 44.5 Å². The molecular formula is C12H12BrClFN3O. The third-order valence-corrected chi connectivity index (χ3v) is 3.56. The zero-order chi connectivity index (χ0) is 14.0. The number of rotatable bonds is 4. The van der Waals surface area contributed by atoms with Gasteiger partial charge in [0.1, 0.15) is 18.2 Å². The number of likely N-dealkylation sites (N-methyl/N-ethyl adjacent to an activating group) is 1. The molecule has 0 aliphatic rings. The van der Waals surface area contributed by atoms with Gasteiger partial charge in [0.15, 0.2) is 0 Å². The Bertz CT molecular complexity index is 629. The molecule has 0 spiro atoms. The zero-order valence-corrected chi connectivity index (χ0v) is 12.6. The van der Waals surface area contributed by atoms with Crippen molar-refractivity contribution in [3.63, 3.8) is 0 Å². The number of benzene rings is 1. The molecule has 1 amide bonds. The lowest BCUT2D eigenvalue weighted by molar-refractivity contribution is -0.121. The minimum Gasteiger partial charge on any atom is -0.358 e. The number of fused-ring (bicyclic) bond motifs is 1. The third-order valence-electron chi connectivity index (χ3n) is 2.77. The first-order valence-corrected chi connectivity index (χ1v) is 7.00. The number of carbonyl (C=O) groups excluding carboxylic acids is 1. The Labute approximate surface area is 123 Å². The van der Waals surface area contributed by atoms with E-state index in [1.54, 1.807) is 17.7 Å². The van der Waals surface area contributed by atoms with E-state index in [0.29, 0.717) is 33.6 Å². The second-order valence-corrected chi connectivity index (χ2v) is 5.21. The van der Waals surface area contributed by atoms with Gasteiger partial charge in [0.25, 0.3) is 0 Å². The monoisotopic (exact) mass is 347 g/mol. The van der Waals surface area contributed by atoms with Gasteiger partial charge >= 0.3 is 0 Å². The van der Waals surface area contributed by atoms with Gasteiger partial charge in [-0.15, -0.1) is 11.6 Å². The van der Waals surface area contributed by atoms with Gasteiger partial charge in [-0.3, -0.25) is 4.79 Å². The summed E-state index contributed by atoms with van der Waals surface area (Å²) in [5.74, 6) is 0.508. The molecule has 0 radical (unpaired) electrons. The average Bonchev–Trinajstić information content (AvgIpc) is 2.68. The number of hydrogen-bond donors (Lipinski definition) is 1. The minimum atomic E-state index is -0.386. The highest BCUT2D eigenvalue weighted by atomic mass is 79.9. The van der Waals surface area contributed by atoms with E-state index in [2.05, 4.69) is 26.2 Å². The maximum Gasteiger partial charge on any atom is 0.239 e. The second-order valence-electron chi connectivity index (χ2n) is 3.98. The van der Waals surface area contributed by atoms with Crippen LogP contribution in [0.4, 0.5) is 4.39 Å². The Kier molecular flexibility index (Phi) is 4.42. The minimum absolute atomic E-state index is 0.0975. The van der Waals surface area contributed by atoms with Crippen LogP contribution in [0.3, 0.4) is 0 Å². The van der Waals surface area contributed by atoms with Crippen molar-refractivity contribution in [2.45, 2.75) is 13.0 Å². The summed E-state index contributed by atoms with van der Waals surface area (Å²) in [6.07, 6.45) is 0.520. The molecule has 1 heterocycles. The fourth-order valence-electron chi connectivity index (χ4n) is 1.84. The van der Waals surface area contributed by atoms with Gasteiger partial charge in [0, 0.05) is 25.4 Å². The average molecular weight is 349 g/mol. The molecule has 0 unspecified atom stereocenters. The lowest BCUT2D eigenvalue weighted by atomic mass is 10.3. The Morgan fingerprint density at radius 1 is 1.58 bits per heavy atom. The fourth-order valence-corrected chi connectivity index (χ4v) is 2.34. The van der Waals surface area contributed by atoms with E-state index in [4.69, 9.17) is 11.6 Å². The summed E-state index contributed by atoms with van der Waals surface area (Å²) in [6, 6.07) is 2.97. The summed E-state index contributed by atoms with van der Waals surface area (Å²) < 4.78 is 15.7. The molecule has 0 atom stereocenters. The van der Waals surface area contributed by atoms with Crippen LogP contribution in [0.5, 0.6) is 0 Å². The molecule has 0 aliphatic carbocycles. The van der Waals surface area contributed by atoms with Crippen LogP contribution in [0.2, 0.25) is 0 Å². The van der Waals surface area contributed by atoms with Gasteiger partial charge in [-0.1, -0.05) is 0 Å². The van der Waals surface area contributed by atoms with Crippen molar-refractivity contribution in [1.82, 2.24) is 14.9 Å². The van der Waals surface area contributed by atoms with Gasteiger partial charge in [-0.25, -0.2) is 9.37 Å². The number of aromatic nitrogens is 2. The van der Waals surface area contributed by atoms with Crippen molar-refractivity contribution in [2.75, 3.05) is 12.9 Å². The van der Waals surface area contributed by atoms with Crippen LogP contribution in [0.1, 0.15) is 5.82 Å². The van der Waals surface area contributed by atoms with Gasteiger partial charge in [0.2, 0.25) is 5.91 Å². The predicted octanol–water partition coefficient (Wildman–Crippen LogP) is 2.47. The quantitative estimate of drug-likeness (QED) is 0.863. The molecule has 2 rings (SSSR count). The summed E-state index contributed by atoms with van der Waals surface area (Å²) in [6.45, 7) is 0.0975. The van der Waals surface area contributed by atoms with Crippen LogP contribution in [0, 0.1) is 5.82 Å². The van der Waals surface area contributed by atoms with E-state index in [1.165, 1.54) is 6.07 Å².